The van der Waals surface area contributed by atoms with Crippen molar-refractivity contribution in [3.8, 4) is 23.0 Å². The van der Waals surface area contributed by atoms with Gasteiger partial charge in [-0.1, -0.05) is 0 Å². The molecule has 2 aromatic rings. The van der Waals surface area contributed by atoms with E-state index in [0.29, 0.717) is 28.5 Å². The second-order valence-corrected chi connectivity index (χ2v) is 5.28. The van der Waals surface area contributed by atoms with Crippen molar-refractivity contribution in [3.63, 3.8) is 0 Å². The van der Waals surface area contributed by atoms with Gasteiger partial charge in [-0.25, -0.2) is 5.43 Å². The molecule has 0 aliphatic rings. The number of ether oxygens (including phenoxy) is 4. The van der Waals surface area contributed by atoms with E-state index in [1.807, 2.05) is 24.3 Å². The molecule has 0 saturated carbocycles. The molecule has 0 aliphatic carbocycles. The van der Waals surface area contributed by atoms with Crippen molar-refractivity contribution in [2.24, 2.45) is 5.10 Å². The van der Waals surface area contributed by atoms with E-state index >= 15 is 0 Å². The minimum Gasteiger partial charge on any atom is -0.497 e. The van der Waals surface area contributed by atoms with Gasteiger partial charge in [0, 0.05) is 5.56 Å². The minimum atomic E-state index is -0.392. The molecule has 0 radical (unpaired) electrons. The third-order valence-electron chi connectivity index (χ3n) is 3.76. The summed E-state index contributed by atoms with van der Waals surface area (Å²) in [5.41, 5.74) is 4.40. The lowest BCUT2D eigenvalue weighted by Crippen LogP contribution is -2.19. The van der Waals surface area contributed by atoms with Crippen molar-refractivity contribution >= 4 is 11.6 Å². The average Bonchev–Trinajstić information content (AvgIpc) is 2.70. The van der Waals surface area contributed by atoms with Gasteiger partial charge in [0.25, 0.3) is 5.91 Å². The number of carbonyl (C=O) groups excluding carboxylic acids is 1. The average molecular weight is 358 g/mol. The van der Waals surface area contributed by atoms with Gasteiger partial charge in [0.15, 0.2) is 11.5 Å². The van der Waals surface area contributed by atoms with Crippen LogP contribution in [0, 0.1) is 0 Å². The van der Waals surface area contributed by atoms with Crippen LogP contribution in [0.5, 0.6) is 23.0 Å². The van der Waals surface area contributed by atoms with Crippen molar-refractivity contribution in [3.05, 3.63) is 47.5 Å². The van der Waals surface area contributed by atoms with Crippen molar-refractivity contribution < 1.29 is 23.7 Å². The fourth-order valence-electron chi connectivity index (χ4n) is 2.31. The number of hydrogen-bond acceptors (Lipinski definition) is 6. The summed E-state index contributed by atoms with van der Waals surface area (Å²) in [6.45, 7) is 1.80. The van der Waals surface area contributed by atoms with Gasteiger partial charge in [0.2, 0.25) is 5.75 Å². The van der Waals surface area contributed by atoms with E-state index in [2.05, 4.69) is 10.5 Å². The highest BCUT2D eigenvalue weighted by Gasteiger charge is 2.16. The van der Waals surface area contributed by atoms with E-state index < -0.39 is 5.91 Å². The highest BCUT2D eigenvalue weighted by Crippen LogP contribution is 2.38. The van der Waals surface area contributed by atoms with Crippen molar-refractivity contribution in [1.82, 2.24) is 5.43 Å². The van der Waals surface area contributed by atoms with Crippen LogP contribution in [-0.2, 0) is 0 Å². The lowest BCUT2D eigenvalue weighted by molar-refractivity contribution is 0.0954. The molecule has 7 nitrogen and oxygen atoms in total. The molecule has 0 aromatic heterocycles. The molecule has 0 spiro atoms. The van der Waals surface area contributed by atoms with Crippen LogP contribution in [0.2, 0.25) is 0 Å². The van der Waals surface area contributed by atoms with Crippen LogP contribution in [0.4, 0.5) is 0 Å². The number of nitrogens with zero attached hydrogens (tertiary/aromatic N) is 1. The van der Waals surface area contributed by atoms with Crippen molar-refractivity contribution in [2.75, 3.05) is 28.4 Å². The smallest absolute Gasteiger partial charge is 0.271 e. The highest BCUT2D eigenvalue weighted by atomic mass is 16.5. The Morgan fingerprint density at radius 1 is 0.846 bits per heavy atom. The number of hydrogen-bond donors (Lipinski definition) is 1. The van der Waals surface area contributed by atoms with Crippen LogP contribution in [0.25, 0.3) is 0 Å². The number of hydrazone groups is 1. The molecule has 2 aromatic carbocycles. The summed E-state index contributed by atoms with van der Waals surface area (Å²) in [6, 6.07) is 10.5. The molecular weight excluding hydrogens is 336 g/mol. The van der Waals surface area contributed by atoms with Gasteiger partial charge in [-0.05, 0) is 48.9 Å². The first kappa shape index (κ1) is 19.1. The molecule has 26 heavy (non-hydrogen) atoms. The number of carbonyl (C=O) groups is 1. The Balaban J connectivity index is 2.20. The summed E-state index contributed by atoms with van der Waals surface area (Å²) in [4.78, 5) is 12.4. The summed E-state index contributed by atoms with van der Waals surface area (Å²) >= 11 is 0. The largest absolute Gasteiger partial charge is 0.497 e. The molecule has 0 unspecified atom stereocenters. The molecule has 0 fully saturated rings. The SMILES string of the molecule is COc1ccc(/C(C)=N/NC(=O)c2cc(OC)c(OC)c(OC)c2)cc1. The molecule has 1 amide bonds. The van der Waals surface area contributed by atoms with E-state index in [4.69, 9.17) is 18.9 Å². The molecule has 7 heteroatoms. The monoisotopic (exact) mass is 358 g/mol. The van der Waals surface area contributed by atoms with Gasteiger partial charge in [-0.15, -0.1) is 0 Å². The Bertz CT molecular complexity index is 775. The molecule has 0 atom stereocenters. The quantitative estimate of drug-likeness (QED) is 0.608. The second-order valence-electron chi connectivity index (χ2n) is 5.28. The molecule has 0 heterocycles. The van der Waals surface area contributed by atoms with Gasteiger partial charge < -0.3 is 18.9 Å². The summed E-state index contributed by atoms with van der Waals surface area (Å²) in [5, 5.41) is 4.14. The maximum atomic E-state index is 12.4. The van der Waals surface area contributed by atoms with Crippen LogP contribution < -0.4 is 24.4 Å². The van der Waals surface area contributed by atoms with E-state index in [9.17, 15) is 4.79 Å². The predicted octanol–water partition coefficient (Wildman–Crippen LogP) is 2.88. The van der Waals surface area contributed by atoms with E-state index in [0.717, 1.165) is 11.3 Å². The molecule has 1 N–H and O–H groups in total. The zero-order chi connectivity index (χ0) is 19.1. The summed E-state index contributed by atoms with van der Waals surface area (Å²) in [5.74, 6) is 1.57. The second kappa shape index (κ2) is 8.75. The standard InChI is InChI=1S/C19H22N2O5/c1-12(13-6-8-15(23-2)9-7-13)20-21-19(22)14-10-16(24-3)18(26-5)17(11-14)25-4/h6-11H,1-5H3,(H,21,22)/b20-12+. The Labute approximate surface area is 152 Å². The topological polar surface area (TPSA) is 78.4 Å². The van der Waals surface area contributed by atoms with Crippen molar-refractivity contribution in [1.29, 1.82) is 0 Å². The number of benzene rings is 2. The van der Waals surface area contributed by atoms with Crippen molar-refractivity contribution in [2.45, 2.75) is 6.92 Å². The van der Waals surface area contributed by atoms with Gasteiger partial charge in [-0.2, -0.15) is 5.10 Å². The fraction of sp³-hybridized carbons (Fsp3) is 0.263. The number of methoxy groups -OCH3 is 4. The molecule has 138 valence electrons. The summed E-state index contributed by atoms with van der Waals surface area (Å²) in [6.07, 6.45) is 0. The number of rotatable bonds is 7. The zero-order valence-electron chi connectivity index (χ0n) is 15.5. The minimum absolute atomic E-state index is 0.339. The van der Waals surface area contributed by atoms with E-state index in [1.54, 1.807) is 26.2 Å². The first-order valence-corrected chi connectivity index (χ1v) is 7.83. The third-order valence-corrected chi connectivity index (χ3v) is 3.76. The third kappa shape index (κ3) is 4.24. The first-order valence-electron chi connectivity index (χ1n) is 7.83. The van der Waals surface area contributed by atoms with E-state index in [1.165, 1.54) is 21.3 Å². The van der Waals surface area contributed by atoms with Crippen LogP contribution >= 0.6 is 0 Å². The fourth-order valence-corrected chi connectivity index (χ4v) is 2.31. The van der Waals surface area contributed by atoms with Gasteiger partial charge >= 0.3 is 0 Å². The van der Waals surface area contributed by atoms with Crippen LogP contribution in [0.1, 0.15) is 22.8 Å². The molecular formula is C19H22N2O5. The normalized spacial score (nSPS) is 10.9. The number of nitrogens with one attached hydrogen (secondary N) is 1. The Morgan fingerprint density at radius 3 is 1.88 bits per heavy atom. The predicted molar refractivity (Wildman–Crippen MR) is 98.8 cm³/mol. The highest BCUT2D eigenvalue weighted by molar-refractivity contribution is 6.01. The Kier molecular flexibility index (Phi) is 6.43. The lowest BCUT2D eigenvalue weighted by atomic mass is 10.1. The van der Waals surface area contributed by atoms with Crippen LogP contribution in [0.3, 0.4) is 0 Å². The Hall–Kier alpha value is -3.22. The van der Waals surface area contributed by atoms with Gasteiger partial charge in [0.1, 0.15) is 5.75 Å². The van der Waals surface area contributed by atoms with E-state index in [-0.39, 0.29) is 0 Å². The summed E-state index contributed by atoms with van der Waals surface area (Å²) in [7, 11) is 6.09. The summed E-state index contributed by atoms with van der Waals surface area (Å²) < 4.78 is 20.9. The molecule has 2 rings (SSSR count). The Morgan fingerprint density at radius 2 is 1.42 bits per heavy atom. The maximum Gasteiger partial charge on any atom is 0.271 e. The lowest BCUT2D eigenvalue weighted by Gasteiger charge is -2.13. The first-order chi connectivity index (χ1) is 12.5. The molecule has 0 saturated heterocycles. The van der Waals surface area contributed by atoms with Gasteiger partial charge in [0.05, 0.1) is 34.2 Å². The number of amides is 1. The van der Waals surface area contributed by atoms with Crippen LogP contribution in [-0.4, -0.2) is 40.1 Å². The molecule has 0 bridgehead atoms. The maximum absolute atomic E-state index is 12.4. The van der Waals surface area contributed by atoms with Gasteiger partial charge in [-0.3, -0.25) is 4.79 Å². The zero-order valence-corrected chi connectivity index (χ0v) is 15.5. The molecule has 0 aliphatic heterocycles. The van der Waals surface area contributed by atoms with Crippen LogP contribution in [0.15, 0.2) is 41.5 Å².